The summed E-state index contributed by atoms with van der Waals surface area (Å²) in [6.45, 7) is 11.7. The number of rotatable bonds is 6. The second-order valence-electron chi connectivity index (χ2n) is 5.51. The maximum Gasteiger partial charge on any atom is 0.122 e. The van der Waals surface area contributed by atoms with Crippen LogP contribution in [0.1, 0.15) is 62.7 Å². The van der Waals surface area contributed by atoms with Gasteiger partial charge in [0.05, 0.1) is 5.69 Å². The lowest BCUT2D eigenvalue weighted by Gasteiger charge is -2.20. The Morgan fingerprint density at radius 3 is 2.44 bits per heavy atom. The predicted octanol–water partition coefficient (Wildman–Crippen LogP) is 3.69. The Morgan fingerprint density at radius 1 is 1.33 bits per heavy atom. The molecule has 0 bridgehead atoms. The fourth-order valence-electron chi connectivity index (χ4n) is 1.74. The third-order valence-corrected chi connectivity index (χ3v) is 4.03. The van der Waals surface area contributed by atoms with Gasteiger partial charge in [-0.25, -0.2) is 4.98 Å². The van der Waals surface area contributed by atoms with Gasteiger partial charge in [0.25, 0.3) is 0 Å². The first-order valence-electron chi connectivity index (χ1n) is 6.67. The largest absolute Gasteiger partial charge is 0.374 e. The minimum Gasteiger partial charge on any atom is -0.374 e. The Morgan fingerprint density at radius 2 is 2.00 bits per heavy atom. The van der Waals surface area contributed by atoms with Gasteiger partial charge in [0.15, 0.2) is 0 Å². The lowest BCUT2D eigenvalue weighted by molar-refractivity contribution is 0.0997. The minimum absolute atomic E-state index is 0.139. The summed E-state index contributed by atoms with van der Waals surface area (Å²) in [5.74, 6) is 0. The SMILES string of the molecule is CCc1nc(C(CC)OC)sc1CNC(C)(C)C. The molecule has 0 aliphatic carbocycles. The fourth-order valence-corrected chi connectivity index (χ4v) is 3.00. The van der Waals surface area contributed by atoms with Gasteiger partial charge in [-0.1, -0.05) is 13.8 Å². The number of aryl methyl sites for hydroxylation is 1. The molecular weight excluding hydrogens is 244 g/mol. The van der Waals surface area contributed by atoms with E-state index in [-0.39, 0.29) is 11.6 Å². The van der Waals surface area contributed by atoms with E-state index in [1.165, 1.54) is 10.6 Å². The first kappa shape index (κ1) is 15.6. The van der Waals surface area contributed by atoms with Gasteiger partial charge in [-0.05, 0) is 33.6 Å². The van der Waals surface area contributed by atoms with Gasteiger partial charge in [0.1, 0.15) is 11.1 Å². The van der Waals surface area contributed by atoms with E-state index in [2.05, 4.69) is 39.9 Å². The first-order valence-corrected chi connectivity index (χ1v) is 7.49. The fraction of sp³-hybridized carbons (Fsp3) is 0.786. The van der Waals surface area contributed by atoms with E-state index >= 15 is 0 Å². The zero-order valence-electron chi connectivity index (χ0n) is 12.5. The molecule has 0 aliphatic heterocycles. The molecule has 0 aliphatic rings. The highest BCUT2D eigenvalue weighted by Gasteiger charge is 2.18. The van der Waals surface area contributed by atoms with E-state index in [9.17, 15) is 0 Å². The molecule has 4 heteroatoms. The predicted molar refractivity (Wildman–Crippen MR) is 78.1 cm³/mol. The highest BCUT2D eigenvalue weighted by Crippen LogP contribution is 2.28. The summed E-state index contributed by atoms with van der Waals surface area (Å²) in [6, 6.07) is 0. The number of thiazole rings is 1. The third-order valence-electron chi connectivity index (χ3n) is 2.84. The molecule has 1 aromatic heterocycles. The van der Waals surface area contributed by atoms with Crippen LogP contribution in [0.25, 0.3) is 0 Å². The van der Waals surface area contributed by atoms with Crippen LogP contribution in [0.2, 0.25) is 0 Å². The minimum atomic E-state index is 0.139. The monoisotopic (exact) mass is 270 g/mol. The average molecular weight is 270 g/mol. The third kappa shape index (κ3) is 4.34. The lowest BCUT2D eigenvalue weighted by atomic mass is 10.1. The van der Waals surface area contributed by atoms with Gasteiger partial charge in [-0.3, -0.25) is 0 Å². The van der Waals surface area contributed by atoms with Gasteiger partial charge in [0.2, 0.25) is 0 Å². The molecule has 104 valence electrons. The molecule has 0 fully saturated rings. The molecule has 3 nitrogen and oxygen atoms in total. The van der Waals surface area contributed by atoms with Crippen LogP contribution < -0.4 is 5.32 Å². The van der Waals surface area contributed by atoms with Crippen LogP contribution in [0.4, 0.5) is 0 Å². The van der Waals surface area contributed by atoms with Crippen LogP contribution in [-0.4, -0.2) is 17.6 Å². The molecular formula is C14H26N2OS. The molecule has 0 aromatic carbocycles. The average Bonchev–Trinajstić information content (AvgIpc) is 2.70. The van der Waals surface area contributed by atoms with Gasteiger partial charge in [-0.15, -0.1) is 11.3 Å². The van der Waals surface area contributed by atoms with E-state index < -0.39 is 0 Å². The molecule has 0 radical (unpaired) electrons. The van der Waals surface area contributed by atoms with Crippen molar-refractivity contribution < 1.29 is 4.74 Å². The van der Waals surface area contributed by atoms with Crippen LogP contribution in [0.15, 0.2) is 0 Å². The number of hydrogen-bond acceptors (Lipinski definition) is 4. The van der Waals surface area contributed by atoms with E-state index in [0.29, 0.717) is 0 Å². The van der Waals surface area contributed by atoms with Crippen LogP contribution in [0, 0.1) is 0 Å². The highest BCUT2D eigenvalue weighted by molar-refractivity contribution is 7.11. The molecule has 0 spiro atoms. The van der Waals surface area contributed by atoms with Crippen molar-refractivity contribution in [3.63, 3.8) is 0 Å². The van der Waals surface area contributed by atoms with Crippen molar-refractivity contribution in [2.75, 3.05) is 7.11 Å². The Labute approximate surface area is 115 Å². The van der Waals surface area contributed by atoms with E-state index in [1.807, 2.05) is 0 Å². The number of aromatic nitrogens is 1. The molecule has 1 N–H and O–H groups in total. The summed E-state index contributed by atoms with van der Waals surface area (Å²) in [6.07, 6.45) is 2.10. The van der Waals surface area contributed by atoms with Crippen LogP contribution in [0.5, 0.6) is 0 Å². The number of hydrogen-bond donors (Lipinski definition) is 1. The molecule has 1 unspecified atom stereocenters. The van der Waals surface area contributed by atoms with Crippen molar-refractivity contribution in [2.45, 2.75) is 65.6 Å². The van der Waals surface area contributed by atoms with Crippen molar-refractivity contribution in [1.82, 2.24) is 10.3 Å². The second-order valence-corrected chi connectivity index (χ2v) is 6.63. The molecule has 1 heterocycles. The smallest absolute Gasteiger partial charge is 0.122 e. The van der Waals surface area contributed by atoms with Gasteiger partial charge >= 0.3 is 0 Å². The second kappa shape index (κ2) is 6.64. The van der Waals surface area contributed by atoms with E-state index in [0.717, 1.165) is 24.4 Å². The standard InChI is InChI=1S/C14H26N2OS/c1-7-10-12(9-15-14(3,4)5)18-13(16-10)11(8-2)17-6/h11,15H,7-9H2,1-6H3. The summed E-state index contributed by atoms with van der Waals surface area (Å²) in [5.41, 5.74) is 1.35. The molecule has 0 amide bonds. The van der Waals surface area contributed by atoms with Crippen LogP contribution >= 0.6 is 11.3 Å². The lowest BCUT2D eigenvalue weighted by Crippen LogP contribution is -2.35. The van der Waals surface area contributed by atoms with Crippen LogP contribution in [0.3, 0.4) is 0 Å². The first-order chi connectivity index (χ1) is 8.41. The van der Waals surface area contributed by atoms with Crippen LogP contribution in [-0.2, 0) is 17.7 Å². The van der Waals surface area contributed by atoms with Crippen molar-refractivity contribution in [3.8, 4) is 0 Å². The molecule has 0 saturated heterocycles. The molecule has 1 aromatic rings. The number of nitrogens with zero attached hydrogens (tertiary/aromatic N) is 1. The highest BCUT2D eigenvalue weighted by atomic mass is 32.1. The van der Waals surface area contributed by atoms with E-state index in [1.54, 1.807) is 18.4 Å². The maximum absolute atomic E-state index is 5.47. The van der Waals surface area contributed by atoms with Gasteiger partial charge in [0, 0.05) is 24.1 Å². The zero-order chi connectivity index (χ0) is 13.8. The summed E-state index contributed by atoms with van der Waals surface area (Å²) >= 11 is 1.78. The molecule has 18 heavy (non-hydrogen) atoms. The normalized spacial score (nSPS) is 13.9. The number of nitrogens with one attached hydrogen (secondary N) is 1. The molecule has 1 rings (SSSR count). The van der Waals surface area contributed by atoms with Crippen molar-refractivity contribution in [3.05, 3.63) is 15.6 Å². The van der Waals surface area contributed by atoms with E-state index in [4.69, 9.17) is 9.72 Å². The van der Waals surface area contributed by atoms with Crippen molar-refractivity contribution in [1.29, 1.82) is 0 Å². The number of ether oxygens (including phenoxy) is 1. The summed E-state index contributed by atoms with van der Waals surface area (Å²) in [7, 11) is 1.76. The Hall–Kier alpha value is -0.450. The molecule has 1 atom stereocenters. The quantitative estimate of drug-likeness (QED) is 0.856. The van der Waals surface area contributed by atoms with Crippen molar-refractivity contribution >= 4 is 11.3 Å². The van der Waals surface area contributed by atoms with Gasteiger partial charge < -0.3 is 10.1 Å². The zero-order valence-corrected chi connectivity index (χ0v) is 13.3. The Bertz CT molecular complexity index is 364. The van der Waals surface area contributed by atoms with Crippen molar-refractivity contribution in [2.24, 2.45) is 0 Å². The topological polar surface area (TPSA) is 34.1 Å². The Kier molecular flexibility index (Phi) is 5.76. The van der Waals surface area contributed by atoms with Gasteiger partial charge in [-0.2, -0.15) is 0 Å². The summed E-state index contributed by atoms with van der Waals surface area (Å²) in [5, 5.41) is 4.64. The summed E-state index contributed by atoms with van der Waals surface area (Å²) in [4.78, 5) is 6.07. The maximum atomic E-state index is 5.47. The Balaban J connectivity index is 2.84. The number of methoxy groups -OCH3 is 1. The molecule has 0 saturated carbocycles. The summed E-state index contributed by atoms with van der Waals surface area (Å²) < 4.78 is 5.47.